The van der Waals surface area contributed by atoms with Crippen LogP contribution in [0.2, 0.25) is 0 Å². The monoisotopic (exact) mass is 325 g/mol. The highest BCUT2D eigenvalue weighted by molar-refractivity contribution is 5.87. The van der Waals surface area contributed by atoms with Crippen molar-refractivity contribution in [2.24, 2.45) is 5.92 Å². The molecule has 0 bridgehead atoms. The Balaban J connectivity index is 1.80. The zero-order valence-corrected chi connectivity index (χ0v) is 13.5. The van der Waals surface area contributed by atoms with Crippen LogP contribution in [0.1, 0.15) is 29.9 Å². The lowest BCUT2D eigenvalue weighted by atomic mass is 9.90. The highest BCUT2D eigenvalue weighted by Crippen LogP contribution is 2.29. The second kappa shape index (κ2) is 7.60. The number of amides is 1. The highest BCUT2D eigenvalue weighted by Gasteiger charge is 2.34. The molecule has 2 aromatic rings. The number of rotatable bonds is 5. The molecule has 0 spiro atoms. The van der Waals surface area contributed by atoms with Crippen LogP contribution in [0, 0.1) is 5.92 Å². The molecule has 0 saturated heterocycles. The number of hydrogen-bond acceptors (Lipinski definition) is 3. The van der Waals surface area contributed by atoms with Crippen LogP contribution in [0.5, 0.6) is 0 Å². The van der Waals surface area contributed by atoms with Crippen molar-refractivity contribution in [1.29, 1.82) is 0 Å². The average Bonchev–Trinajstić information content (AvgIpc) is 2.96. The number of benzene rings is 2. The number of carbonyl (C=O) groups is 1. The van der Waals surface area contributed by atoms with Crippen LogP contribution in [0.25, 0.3) is 0 Å². The van der Waals surface area contributed by atoms with Gasteiger partial charge in [0.25, 0.3) is 0 Å². The fourth-order valence-electron chi connectivity index (χ4n) is 3.49. The first-order valence-corrected chi connectivity index (χ1v) is 8.38. The predicted molar refractivity (Wildman–Crippen MR) is 92.5 cm³/mol. The van der Waals surface area contributed by atoms with Gasteiger partial charge in [-0.1, -0.05) is 60.7 Å². The van der Waals surface area contributed by atoms with E-state index < -0.39 is 6.10 Å². The molecule has 0 heterocycles. The Labute approximate surface area is 142 Å². The molecule has 0 radical (unpaired) electrons. The Hall–Kier alpha value is -2.17. The molecule has 1 fully saturated rings. The molecule has 1 aliphatic carbocycles. The Kier molecular flexibility index (Phi) is 5.28. The first-order valence-electron chi connectivity index (χ1n) is 8.38. The quantitative estimate of drug-likeness (QED) is 0.788. The lowest BCUT2D eigenvalue weighted by molar-refractivity contribution is -0.122. The lowest BCUT2D eigenvalue weighted by Crippen LogP contribution is -2.37. The molecule has 126 valence electrons. The van der Waals surface area contributed by atoms with Gasteiger partial charge in [0, 0.05) is 18.6 Å². The maximum Gasteiger partial charge on any atom is 0.232 e. The van der Waals surface area contributed by atoms with Crippen molar-refractivity contribution < 1.29 is 15.0 Å². The van der Waals surface area contributed by atoms with Crippen molar-refractivity contribution in [2.45, 2.75) is 30.9 Å². The Morgan fingerprint density at radius 3 is 2.00 bits per heavy atom. The van der Waals surface area contributed by atoms with Gasteiger partial charge in [-0.25, -0.2) is 0 Å². The summed E-state index contributed by atoms with van der Waals surface area (Å²) in [6.07, 6.45) is 0.555. The van der Waals surface area contributed by atoms with E-state index >= 15 is 0 Å². The van der Waals surface area contributed by atoms with Gasteiger partial charge in [-0.05, 0) is 24.0 Å². The zero-order chi connectivity index (χ0) is 16.9. The van der Waals surface area contributed by atoms with Gasteiger partial charge in [0.05, 0.1) is 12.0 Å². The third-order valence-corrected chi connectivity index (χ3v) is 4.77. The summed E-state index contributed by atoms with van der Waals surface area (Å²) in [6.45, 7) is -0.0473. The minimum atomic E-state index is -0.549. The molecule has 1 saturated carbocycles. The SMILES string of the molecule is O=C(N[C@H]1C[C@@H](CO)[C@@H](O)C1)C(c1ccccc1)c1ccccc1. The molecule has 0 unspecified atom stereocenters. The van der Waals surface area contributed by atoms with Gasteiger partial charge in [-0.15, -0.1) is 0 Å². The van der Waals surface area contributed by atoms with Crippen molar-refractivity contribution in [3.8, 4) is 0 Å². The number of hydrogen-bond donors (Lipinski definition) is 3. The van der Waals surface area contributed by atoms with Crippen molar-refractivity contribution in [3.63, 3.8) is 0 Å². The Bertz CT molecular complexity index is 620. The minimum absolute atomic E-state index is 0.0473. The Morgan fingerprint density at radius 2 is 1.54 bits per heavy atom. The van der Waals surface area contributed by atoms with Crippen molar-refractivity contribution in [3.05, 3.63) is 71.8 Å². The molecular formula is C20H23NO3. The van der Waals surface area contributed by atoms with Gasteiger partial charge in [-0.3, -0.25) is 4.79 Å². The van der Waals surface area contributed by atoms with E-state index in [1.54, 1.807) is 0 Å². The smallest absolute Gasteiger partial charge is 0.232 e. The predicted octanol–water partition coefficient (Wildman–Crippen LogP) is 2.07. The van der Waals surface area contributed by atoms with E-state index in [2.05, 4.69) is 5.32 Å². The van der Waals surface area contributed by atoms with E-state index in [0.29, 0.717) is 12.8 Å². The first kappa shape index (κ1) is 16.7. The zero-order valence-electron chi connectivity index (χ0n) is 13.5. The third kappa shape index (κ3) is 3.66. The van der Waals surface area contributed by atoms with Crippen LogP contribution < -0.4 is 5.32 Å². The van der Waals surface area contributed by atoms with Crippen LogP contribution in [0.3, 0.4) is 0 Å². The van der Waals surface area contributed by atoms with Gasteiger partial charge in [0.1, 0.15) is 0 Å². The molecule has 4 heteroatoms. The minimum Gasteiger partial charge on any atom is -0.396 e. The summed E-state index contributed by atoms with van der Waals surface area (Å²) in [4.78, 5) is 12.9. The fraction of sp³-hybridized carbons (Fsp3) is 0.350. The average molecular weight is 325 g/mol. The molecule has 4 nitrogen and oxygen atoms in total. The van der Waals surface area contributed by atoms with Crippen molar-refractivity contribution >= 4 is 5.91 Å². The summed E-state index contributed by atoms with van der Waals surface area (Å²) < 4.78 is 0. The van der Waals surface area contributed by atoms with E-state index in [-0.39, 0.29) is 30.4 Å². The van der Waals surface area contributed by atoms with E-state index in [9.17, 15) is 15.0 Å². The number of nitrogens with one attached hydrogen (secondary N) is 1. The van der Waals surface area contributed by atoms with Gasteiger partial charge < -0.3 is 15.5 Å². The molecule has 1 amide bonds. The molecule has 3 N–H and O–H groups in total. The van der Waals surface area contributed by atoms with E-state index in [0.717, 1.165) is 11.1 Å². The van der Waals surface area contributed by atoms with Crippen LogP contribution in [0.4, 0.5) is 0 Å². The lowest BCUT2D eigenvalue weighted by Gasteiger charge is -2.21. The third-order valence-electron chi connectivity index (χ3n) is 4.77. The number of aliphatic hydroxyl groups excluding tert-OH is 2. The van der Waals surface area contributed by atoms with Gasteiger partial charge in [0.2, 0.25) is 5.91 Å². The van der Waals surface area contributed by atoms with Gasteiger partial charge in [-0.2, -0.15) is 0 Å². The van der Waals surface area contributed by atoms with Crippen LogP contribution in [-0.4, -0.2) is 34.9 Å². The van der Waals surface area contributed by atoms with E-state index in [4.69, 9.17) is 0 Å². The molecule has 0 aromatic heterocycles. The highest BCUT2D eigenvalue weighted by atomic mass is 16.3. The maximum absolute atomic E-state index is 12.9. The molecule has 3 atom stereocenters. The molecular weight excluding hydrogens is 302 g/mol. The van der Waals surface area contributed by atoms with Crippen LogP contribution in [-0.2, 0) is 4.79 Å². The molecule has 3 rings (SSSR count). The number of carbonyl (C=O) groups excluding carboxylic acids is 1. The Morgan fingerprint density at radius 1 is 1.00 bits per heavy atom. The first-order chi connectivity index (χ1) is 11.7. The summed E-state index contributed by atoms with van der Waals surface area (Å²) in [5.41, 5.74) is 1.89. The molecule has 1 aliphatic rings. The van der Waals surface area contributed by atoms with Crippen molar-refractivity contribution in [2.75, 3.05) is 6.61 Å². The summed E-state index contributed by atoms with van der Waals surface area (Å²) in [5, 5.41) is 22.3. The summed E-state index contributed by atoms with van der Waals surface area (Å²) >= 11 is 0. The summed E-state index contributed by atoms with van der Waals surface area (Å²) in [6, 6.07) is 19.3. The fourth-order valence-corrected chi connectivity index (χ4v) is 3.49. The van der Waals surface area contributed by atoms with Gasteiger partial charge >= 0.3 is 0 Å². The van der Waals surface area contributed by atoms with E-state index in [1.165, 1.54) is 0 Å². The van der Waals surface area contributed by atoms with E-state index in [1.807, 2.05) is 60.7 Å². The number of aliphatic hydroxyl groups is 2. The van der Waals surface area contributed by atoms with Crippen LogP contribution in [0.15, 0.2) is 60.7 Å². The molecule has 24 heavy (non-hydrogen) atoms. The standard InChI is InChI=1S/C20H23NO3/c22-13-16-11-17(12-18(16)23)21-20(24)19(14-7-3-1-4-8-14)15-9-5-2-6-10-15/h1-10,16-19,22-23H,11-13H2,(H,21,24)/t16-,17-,18-/m0/s1. The second-order valence-electron chi connectivity index (χ2n) is 6.44. The van der Waals surface area contributed by atoms with Crippen LogP contribution >= 0.6 is 0 Å². The van der Waals surface area contributed by atoms with Crippen molar-refractivity contribution in [1.82, 2.24) is 5.32 Å². The molecule has 2 aromatic carbocycles. The summed E-state index contributed by atoms with van der Waals surface area (Å²) in [7, 11) is 0. The largest absolute Gasteiger partial charge is 0.396 e. The second-order valence-corrected chi connectivity index (χ2v) is 6.44. The molecule has 0 aliphatic heterocycles. The topological polar surface area (TPSA) is 69.6 Å². The van der Waals surface area contributed by atoms with Gasteiger partial charge in [0.15, 0.2) is 0 Å². The normalized spacial score (nSPS) is 23.4. The summed E-state index contributed by atoms with van der Waals surface area (Å²) in [5.74, 6) is -0.594. The maximum atomic E-state index is 12.9.